The molecule has 0 saturated carbocycles. The Morgan fingerprint density at radius 1 is 1.22 bits per heavy atom. The Morgan fingerprint density at radius 2 is 1.97 bits per heavy atom. The number of nitrogens with zero attached hydrogens (tertiary/aromatic N) is 3. The van der Waals surface area contributed by atoms with Crippen LogP contribution in [0.15, 0.2) is 53.5 Å². The number of aryl methyl sites for hydroxylation is 1. The van der Waals surface area contributed by atoms with Gasteiger partial charge in [-0.15, -0.1) is 24.0 Å². The summed E-state index contributed by atoms with van der Waals surface area (Å²) in [6.45, 7) is 4.74. The van der Waals surface area contributed by atoms with Crippen LogP contribution >= 0.6 is 24.0 Å². The fraction of sp³-hybridized carbons (Fsp3) is 0.417. The summed E-state index contributed by atoms with van der Waals surface area (Å²) in [7, 11) is 5.22. The van der Waals surface area contributed by atoms with Crippen molar-refractivity contribution >= 4 is 41.5 Å². The number of halogens is 1. The number of carbonyl (C=O) groups excluding carboxylic acids is 1. The summed E-state index contributed by atoms with van der Waals surface area (Å²) in [6.07, 6.45) is 1.07. The van der Waals surface area contributed by atoms with E-state index in [0.717, 1.165) is 31.0 Å². The Bertz CT molecular complexity index is 902. The molecule has 2 N–H and O–H groups in total. The summed E-state index contributed by atoms with van der Waals surface area (Å²) in [4.78, 5) is 20.0. The van der Waals surface area contributed by atoms with Crippen LogP contribution in [0.4, 0.5) is 5.69 Å². The van der Waals surface area contributed by atoms with Crippen LogP contribution in [0.5, 0.6) is 5.75 Å². The van der Waals surface area contributed by atoms with Crippen molar-refractivity contribution in [3.05, 3.63) is 59.7 Å². The predicted octanol–water partition coefficient (Wildman–Crippen LogP) is 3.02. The van der Waals surface area contributed by atoms with Crippen LogP contribution < -0.4 is 20.3 Å². The van der Waals surface area contributed by atoms with E-state index in [0.29, 0.717) is 18.3 Å². The zero-order valence-corrected chi connectivity index (χ0v) is 21.6. The highest BCUT2D eigenvalue weighted by Crippen LogP contribution is 2.20. The fourth-order valence-corrected chi connectivity index (χ4v) is 3.46. The van der Waals surface area contributed by atoms with Gasteiger partial charge in [0.25, 0.3) is 5.91 Å². The number of guanidine groups is 1. The molecule has 0 aliphatic carbocycles. The van der Waals surface area contributed by atoms with Gasteiger partial charge in [-0.05, 0) is 43.2 Å². The zero-order valence-electron chi connectivity index (χ0n) is 19.3. The third kappa shape index (κ3) is 7.58. The van der Waals surface area contributed by atoms with E-state index in [1.165, 1.54) is 16.2 Å². The van der Waals surface area contributed by atoms with Crippen LogP contribution in [0, 0.1) is 6.92 Å². The zero-order chi connectivity index (χ0) is 22.2. The van der Waals surface area contributed by atoms with Gasteiger partial charge in [-0.2, -0.15) is 0 Å². The number of carbonyl (C=O) groups is 1. The minimum atomic E-state index is -0.0654. The molecule has 1 fully saturated rings. The van der Waals surface area contributed by atoms with Crippen molar-refractivity contribution in [3.8, 4) is 5.75 Å². The van der Waals surface area contributed by atoms with Crippen molar-refractivity contribution < 1.29 is 9.53 Å². The molecule has 3 rings (SSSR count). The number of ether oxygens (including phenoxy) is 1. The topological polar surface area (TPSA) is 69.2 Å². The second-order valence-corrected chi connectivity index (χ2v) is 8.06. The van der Waals surface area contributed by atoms with E-state index >= 15 is 0 Å². The van der Waals surface area contributed by atoms with Crippen molar-refractivity contribution in [2.75, 3.05) is 45.7 Å². The number of amides is 1. The molecular weight excluding hydrogens is 517 g/mol. The van der Waals surface area contributed by atoms with Crippen LogP contribution in [0.2, 0.25) is 0 Å². The summed E-state index contributed by atoms with van der Waals surface area (Å²) < 4.78 is 5.60. The maximum absolute atomic E-state index is 11.7. The smallest absolute Gasteiger partial charge is 0.259 e. The number of hydrogen-bond donors (Lipinski definition) is 2. The largest absolute Gasteiger partial charge is 0.484 e. The summed E-state index contributed by atoms with van der Waals surface area (Å²) in [5.74, 6) is 1.40. The van der Waals surface area contributed by atoms with Crippen molar-refractivity contribution in [2.45, 2.75) is 25.9 Å². The minimum absolute atomic E-state index is 0. The number of benzene rings is 2. The molecule has 0 spiro atoms. The lowest BCUT2D eigenvalue weighted by atomic mass is 10.2. The number of nitrogens with one attached hydrogen (secondary N) is 2. The third-order valence-corrected chi connectivity index (χ3v) is 5.37. The van der Waals surface area contributed by atoms with Gasteiger partial charge < -0.3 is 25.2 Å². The Hall–Kier alpha value is -2.49. The lowest BCUT2D eigenvalue weighted by Crippen LogP contribution is -2.44. The van der Waals surface area contributed by atoms with Gasteiger partial charge in [-0.25, -0.2) is 0 Å². The summed E-state index contributed by atoms with van der Waals surface area (Å²) >= 11 is 0. The number of hydrogen-bond acceptors (Lipinski definition) is 4. The molecule has 1 atom stereocenters. The molecule has 1 amide bonds. The Balaban J connectivity index is 0.00000363. The first kappa shape index (κ1) is 25.8. The molecule has 174 valence electrons. The van der Waals surface area contributed by atoms with E-state index < -0.39 is 0 Å². The molecule has 0 bridgehead atoms. The van der Waals surface area contributed by atoms with Gasteiger partial charge in [-0.3, -0.25) is 9.79 Å². The number of rotatable bonds is 7. The Labute approximate surface area is 208 Å². The van der Waals surface area contributed by atoms with E-state index in [4.69, 9.17) is 4.74 Å². The van der Waals surface area contributed by atoms with Crippen LogP contribution in [0.3, 0.4) is 0 Å². The molecule has 32 heavy (non-hydrogen) atoms. The summed E-state index contributed by atoms with van der Waals surface area (Å²) in [5, 5.41) is 6.90. The van der Waals surface area contributed by atoms with Crippen molar-refractivity contribution in [1.82, 2.24) is 15.5 Å². The van der Waals surface area contributed by atoms with Crippen molar-refractivity contribution in [2.24, 2.45) is 4.99 Å². The average molecular weight is 551 g/mol. The highest BCUT2D eigenvalue weighted by molar-refractivity contribution is 14.0. The Kier molecular flexibility index (Phi) is 10.1. The van der Waals surface area contributed by atoms with E-state index in [1.54, 1.807) is 21.1 Å². The molecular formula is C24H34IN5O2. The lowest BCUT2D eigenvalue weighted by Gasteiger charge is -2.20. The summed E-state index contributed by atoms with van der Waals surface area (Å²) in [6, 6.07) is 16.8. The lowest BCUT2D eigenvalue weighted by molar-refractivity contribution is -0.130. The first-order valence-electron chi connectivity index (χ1n) is 10.7. The predicted molar refractivity (Wildman–Crippen MR) is 141 cm³/mol. The Morgan fingerprint density at radius 3 is 2.66 bits per heavy atom. The van der Waals surface area contributed by atoms with Gasteiger partial charge in [0, 0.05) is 52.5 Å². The standard InChI is InChI=1S/C24H33N5O2.HI/c1-18-8-10-21(11-9-18)29-13-12-20(16-29)27-24(25-2)26-15-19-6-5-7-22(14-19)31-17-23(30)28(3)4;/h5-11,14,20H,12-13,15-17H2,1-4H3,(H2,25,26,27);1H. The second-order valence-electron chi connectivity index (χ2n) is 8.06. The molecule has 0 aromatic heterocycles. The molecule has 7 nitrogen and oxygen atoms in total. The molecule has 1 aliphatic rings. The van der Waals surface area contributed by atoms with E-state index in [1.807, 2.05) is 24.3 Å². The monoisotopic (exact) mass is 551 g/mol. The van der Waals surface area contributed by atoms with Crippen LogP contribution in [-0.4, -0.2) is 63.6 Å². The molecule has 1 saturated heterocycles. The van der Waals surface area contributed by atoms with Crippen LogP contribution in [0.25, 0.3) is 0 Å². The first-order chi connectivity index (χ1) is 14.9. The highest BCUT2D eigenvalue weighted by atomic mass is 127. The molecule has 0 radical (unpaired) electrons. The molecule has 1 aliphatic heterocycles. The van der Waals surface area contributed by atoms with Crippen LogP contribution in [-0.2, 0) is 11.3 Å². The van der Waals surface area contributed by atoms with Crippen molar-refractivity contribution in [3.63, 3.8) is 0 Å². The van der Waals surface area contributed by atoms with Gasteiger partial charge in [0.15, 0.2) is 12.6 Å². The van der Waals surface area contributed by atoms with E-state index in [2.05, 4.69) is 51.7 Å². The van der Waals surface area contributed by atoms with Gasteiger partial charge in [0.1, 0.15) is 5.75 Å². The van der Waals surface area contributed by atoms with E-state index in [-0.39, 0.29) is 36.5 Å². The summed E-state index contributed by atoms with van der Waals surface area (Å²) in [5.41, 5.74) is 3.61. The van der Waals surface area contributed by atoms with Gasteiger partial charge in [0.05, 0.1) is 0 Å². The molecule has 2 aromatic carbocycles. The van der Waals surface area contributed by atoms with Crippen molar-refractivity contribution in [1.29, 1.82) is 0 Å². The van der Waals surface area contributed by atoms with Gasteiger partial charge in [0.2, 0.25) is 0 Å². The normalized spacial score (nSPS) is 15.7. The quantitative estimate of drug-likeness (QED) is 0.315. The number of likely N-dealkylation sites (N-methyl/N-ethyl adjacent to an activating group) is 1. The molecule has 2 aromatic rings. The van der Waals surface area contributed by atoms with Crippen LogP contribution in [0.1, 0.15) is 17.5 Å². The number of anilines is 1. The maximum Gasteiger partial charge on any atom is 0.259 e. The first-order valence-corrected chi connectivity index (χ1v) is 10.7. The van der Waals surface area contributed by atoms with E-state index in [9.17, 15) is 4.79 Å². The third-order valence-electron chi connectivity index (χ3n) is 5.37. The molecule has 8 heteroatoms. The molecule has 1 unspecified atom stereocenters. The number of aliphatic imine (C=N–C) groups is 1. The average Bonchev–Trinajstić information content (AvgIpc) is 3.24. The SMILES string of the molecule is CN=C(NCc1cccc(OCC(=O)N(C)C)c1)NC1CCN(c2ccc(C)cc2)C1.I. The molecule has 1 heterocycles. The maximum atomic E-state index is 11.7. The fourth-order valence-electron chi connectivity index (χ4n) is 3.46. The second kappa shape index (κ2) is 12.5. The van der Waals surface area contributed by atoms with Gasteiger partial charge in [-0.1, -0.05) is 29.8 Å². The minimum Gasteiger partial charge on any atom is -0.484 e. The van der Waals surface area contributed by atoms with Gasteiger partial charge >= 0.3 is 0 Å². The highest BCUT2D eigenvalue weighted by Gasteiger charge is 2.23.